The minimum atomic E-state index is -0.491. The molecule has 1 saturated carbocycles. The zero-order valence-electron chi connectivity index (χ0n) is 15.1. The minimum absolute atomic E-state index is 0.0157. The Kier molecular flexibility index (Phi) is 5.49. The second-order valence-electron chi connectivity index (χ2n) is 6.73. The molecule has 0 bridgehead atoms. The van der Waals surface area contributed by atoms with Crippen LogP contribution >= 0.6 is 0 Å². The van der Waals surface area contributed by atoms with Gasteiger partial charge >= 0.3 is 0 Å². The second kappa shape index (κ2) is 7.99. The molecule has 2 amide bonds. The maximum atomic E-state index is 12.6. The molecule has 1 fully saturated rings. The lowest BCUT2D eigenvalue weighted by molar-refractivity contribution is -0.384. The fourth-order valence-corrected chi connectivity index (χ4v) is 3.04. The van der Waals surface area contributed by atoms with Gasteiger partial charge in [0.2, 0.25) is 5.91 Å². The van der Waals surface area contributed by atoms with E-state index in [9.17, 15) is 19.7 Å². The quantitative estimate of drug-likeness (QED) is 0.625. The number of carbonyl (C=O) groups excluding carboxylic acids is 2. The van der Waals surface area contributed by atoms with Gasteiger partial charge < -0.3 is 10.2 Å². The Morgan fingerprint density at radius 1 is 1.19 bits per heavy atom. The summed E-state index contributed by atoms with van der Waals surface area (Å²) < 4.78 is 0. The van der Waals surface area contributed by atoms with Crippen molar-refractivity contribution in [2.24, 2.45) is 0 Å². The number of carbonyl (C=O) groups is 2. The average molecular weight is 367 g/mol. The summed E-state index contributed by atoms with van der Waals surface area (Å²) >= 11 is 0. The number of anilines is 1. The molecular formula is C20H21N3O4. The smallest absolute Gasteiger partial charge is 0.269 e. The van der Waals surface area contributed by atoms with Crippen molar-refractivity contribution >= 4 is 23.2 Å². The number of amides is 2. The predicted molar refractivity (Wildman–Crippen MR) is 102 cm³/mol. The molecule has 0 saturated heterocycles. The molecule has 2 aromatic rings. The maximum Gasteiger partial charge on any atom is 0.269 e. The van der Waals surface area contributed by atoms with E-state index >= 15 is 0 Å². The molecule has 3 rings (SSSR count). The lowest BCUT2D eigenvalue weighted by atomic mass is 9.91. The summed E-state index contributed by atoms with van der Waals surface area (Å²) in [5, 5.41) is 13.6. The first-order chi connectivity index (χ1) is 12.9. The van der Waals surface area contributed by atoms with E-state index in [0.717, 1.165) is 19.3 Å². The number of nitro groups is 1. The third-order valence-corrected chi connectivity index (χ3v) is 4.82. The van der Waals surface area contributed by atoms with Gasteiger partial charge in [0.1, 0.15) is 0 Å². The fourth-order valence-electron chi connectivity index (χ4n) is 3.04. The van der Waals surface area contributed by atoms with Crippen molar-refractivity contribution in [1.29, 1.82) is 0 Å². The van der Waals surface area contributed by atoms with E-state index in [-0.39, 0.29) is 23.9 Å². The zero-order chi connectivity index (χ0) is 19.4. The Morgan fingerprint density at radius 3 is 2.59 bits per heavy atom. The first kappa shape index (κ1) is 18.6. The average Bonchev–Trinajstić information content (AvgIpc) is 2.59. The molecule has 7 heteroatoms. The molecule has 0 atom stereocenters. The van der Waals surface area contributed by atoms with E-state index in [1.54, 1.807) is 48.3 Å². The summed E-state index contributed by atoms with van der Waals surface area (Å²) in [4.78, 5) is 36.9. The Hall–Kier alpha value is -3.22. The second-order valence-corrected chi connectivity index (χ2v) is 6.73. The fraction of sp³-hybridized carbons (Fsp3) is 0.300. The first-order valence-electron chi connectivity index (χ1n) is 8.84. The molecule has 140 valence electrons. The minimum Gasteiger partial charge on any atom is -0.339 e. The molecule has 2 aromatic carbocycles. The largest absolute Gasteiger partial charge is 0.339 e. The van der Waals surface area contributed by atoms with Crippen LogP contribution in [0.3, 0.4) is 0 Å². The van der Waals surface area contributed by atoms with Crippen LogP contribution in [-0.4, -0.2) is 34.7 Å². The molecule has 0 unspecified atom stereocenters. The van der Waals surface area contributed by atoms with Crippen molar-refractivity contribution in [3.63, 3.8) is 0 Å². The van der Waals surface area contributed by atoms with E-state index in [2.05, 4.69) is 5.32 Å². The number of hydrogen-bond donors (Lipinski definition) is 1. The first-order valence-corrected chi connectivity index (χ1v) is 8.84. The number of rotatable bonds is 6. The van der Waals surface area contributed by atoms with Gasteiger partial charge in [0, 0.05) is 36.5 Å². The van der Waals surface area contributed by atoms with Gasteiger partial charge in [-0.05, 0) is 43.0 Å². The lowest BCUT2D eigenvalue weighted by Gasteiger charge is -2.34. The number of nitrogens with one attached hydrogen (secondary N) is 1. The van der Waals surface area contributed by atoms with E-state index < -0.39 is 4.92 Å². The molecule has 0 heterocycles. The van der Waals surface area contributed by atoms with Crippen LogP contribution in [-0.2, 0) is 11.2 Å². The standard InChI is InChI=1S/C20H21N3O4/c1-22(17-8-4-9-17)20(25)15-6-3-7-16(13-15)21-19(24)12-14-5-2-10-18(11-14)23(26)27/h2-3,5-7,10-11,13,17H,4,8-9,12H2,1H3,(H,21,24). The molecule has 0 aromatic heterocycles. The number of non-ortho nitro benzene ring substituents is 1. The van der Waals surface area contributed by atoms with Gasteiger partial charge in [-0.15, -0.1) is 0 Å². The van der Waals surface area contributed by atoms with E-state index in [4.69, 9.17) is 0 Å². The highest BCUT2D eigenvalue weighted by Crippen LogP contribution is 2.25. The number of hydrogen-bond acceptors (Lipinski definition) is 4. The van der Waals surface area contributed by atoms with Crippen LogP contribution in [0.25, 0.3) is 0 Å². The Bertz CT molecular complexity index is 877. The Morgan fingerprint density at radius 2 is 1.93 bits per heavy atom. The predicted octanol–water partition coefficient (Wildman–Crippen LogP) is 3.40. The molecule has 0 spiro atoms. The van der Waals surface area contributed by atoms with Crippen molar-refractivity contribution in [2.75, 3.05) is 12.4 Å². The van der Waals surface area contributed by atoms with E-state index in [1.165, 1.54) is 12.1 Å². The zero-order valence-corrected chi connectivity index (χ0v) is 15.1. The maximum absolute atomic E-state index is 12.6. The molecule has 27 heavy (non-hydrogen) atoms. The van der Waals surface area contributed by atoms with Crippen LogP contribution in [0.5, 0.6) is 0 Å². The number of nitrogens with zero attached hydrogens (tertiary/aromatic N) is 2. The molecule has 1 N–H and O–H groups in total. The summed E-state index contributed by atoms with van der Waals surface area (Å²) in [5.74, 6) is -0.359. The van der Waals surface area contributed by atoms with Gasteiger partial charge in [0.05, 0.1) is 11.3 Å². The van der Waals surface area contributed by atoms with Crippen molar-refractivity contribution in [3.05, 3.63) is 69.8 Å². The highest BCUT2D eigenvalue weighted by Gasteiger charge is 2.26. The van der Waals surface area contributed by atoms with Crippen LogP contribution in [0.15, 0.2) is 48.5 Å². The SMILES string of the molecule is CN(C(=O)c1cccc(NC(=O)Cc2cccc([N+](=O)[O-])c2)c1)C1CCC1. The normalized spacial score (nSPS) is 13.5. The third-order valence-electron chi connectivity index (χ3n) is 4.82. The summed E-state index contributed by atoms with van der Waals surface area (Å²) in [6.07, 6.45) is 3.22. The third kappa shape index (κ3) is 4.49. The summed E-state index contributed by atoms with van der Waals surface area (Å²) in [5.41, 5.74) is 1.56. The molecule has 0 radical (unpaired) electrons. The monoisotopic (exact) mass is 367 g/mol. The van der Waals surface area contributed by atoms with Crippen LogP contribution in [0.2, 0.25) is 0 Å². The summed E-state index contributed by atoms with van der Waals surface area (Å²) in [6.45, 7) is 0. The Balaban J connectivity index is 1.65. The van der Waals surface area contributed by atoms with Gasteiger partial charge in [-0.1, -0.05) is 18.2 Å². The van der Waals surface area contributed by atoms with Crippen LogP contribution in [0.4, 0.5) is 11.4 Å². The summed E-state index contributed by atoms with van der Waals surface area (Å²) in [7, 11) is 1.81. The van der Waals surface area contributed by atoms with E-state index in [1.807, 2.05) is 0 Å². The number of nitro benzene ring substituents is 1. The van der Waals surface area contributed by atoms with Crippen LogP contribution < -0.4 is 5.32 Å². The topological polar surface area (TPSA) is 92.6 Å². The lowest BCUT2D eigenvalue weighted by Crippen LogP contribution is -2.41. The van der Waals surface area contributed by atoms with Crippen LogP contribution in [0, 0.1) is 10.1 Å². The molecular weight excluding hydrogens is 346 g/mol. The van der Waals surface area contributed by atoms with Gasteiger partial charge in [-0.2, -0.15) is 0 Å². The summed E-state index contributed by atoms with van der Waals surface area (Å²) in [6, 6.07) is 13.1. The highest BCUT2D eigenvalue weighted by molar-refractivity contribution is 5.97. The van der Waals surface area contributed by atoms with Gasteiger partial charge in [-0.25, -0.2) is 0 Å². The van der Waals surface area contributed by atoms with Crippen molar-refractivity contribution in [2.45, 2.75) is 31.7 Å². The van der Waals surface area contributed by atoms with Crippen molar-refractivity contribution in [3.8, 4) is 0 Å². The molecule has 7 nitrogen and oxygen atoms in total. The van der Waals surface area contributed by atoms with Crippen LogP contribution in [0.1, 0.15) is 35.2 Å². The highest BCUT2D eigenvalue weighted by atomic mass is 16.6. The van der Waals surface area contributed by atoms with Crippen molar-refractivity contribution in [1.82, 2.24) is 4.90 Å². The number of benzene rings is 2. The van der Waals surface area contributed by atoms with E-state index in [0.29, 0.717) is 22.9 Å². The molecule has 1 aliphatic rings. The van der Waals surface area contributed by atoms with Gasteiger partial charge in [0.25, 0.3) is 11.6 Å². The Labute approximate surface area is 157 Å². The molecule has 0 aliphatic heterocycles. The molecule has 1 aliphatic carbocycles. The van der Waals surface area contributed by atoms with Gasteiger partial charge in [0.15, 0.2) is 0 Å². The van der Waals surface area contributed by atoms with Gasteiger partial charge in [-0.3, -0.25) is 19.7 Å². The van der Waals surface area contributed by atoms with Crippen molar-refractivity contribution < 1.29 is 14.5 Å².